The third kappa shape index (κ3) is 5.08. The van der Waals surface area contributed by atoms with Crippen molar-refractivity contribution in [2.24, 2.45) is 13.0 Å². The number of hydrogen-bond donors (Lipinski definition) is 1. The topological polar surface area (TPSA) is 88.8 Å². The SMILES string of the molecule is Cn1nccc1/C=C/C(=O)N1CCC[C@@H](Cc2ccc(Nc3ccccn3)nn2)C1. The fourth-order valence-electron chi connectivity index (χ4n) is 3.64. The first-order chi connectivity index (χ1) is 14.7. The summed E-state index contributed by atoms with van der Waals surface area (Å²) in [6.07, 6.45) is 9.81. The monoisotopic (exact) mass is 403 g/mol. The van der Waals surface area contributed by atoms with E-state index in [1.165, 1.54) is 0 Å². The van der Waals surface area contributed by atoms with Gasteiger partial charge in [-0.3, -0.25) is 9.48 Å². The van der Waals surface area contributed by atoms with Crippen molar-refractivity contribution in [2.75, 3.05) is 18.4 Å². The molecule has 1 amide bonds. The van der Waals surface area contributed by atoms with Gasteiger partial charge in [0.05, 0.1) is 11.4 Å². The second-order valence-corrected chi connectivity index (χ2v) is 7.46. The molecule has 4 heterocycles. The summed E-state index contributed by atoms with van der Waals surface area (Å²) in [7, 11) is 1.86. The van der Waals surface area contributed by atoms with Gasteiger partial charge in [0, 0.05) is 38.6 Å². The summed E-state index contributed by atoms with van der Waals surface area (Å²) in [5.74, 6) is 1.83. The quantitative estimate of drug-likeness (QED) is 0.637. The lowest BCUT2D eigenvalue weighted by atomic mass is 9.93. The highest BCUT2D eigenvalue weighted by atomic mass is 16.2. The normalized spacial score (nSPS) is 16.7. The van der Waals surface area contributed by atoms with Crippen LogP contribution >= 0.6 is 0 Å². The van der Waals surface area contributed by atoms with Crippen molar-refractivity contribution in [3.63, 3.8) is 0 Å². The summed E-state index contributed by atoms with van der Waals surface area (Å²) in [5, 5.41) is 15.9. The van der Waals surface area contributed by atoms with Gasteiger partial charge in [0.25, 0.3) is 0 Å². The van der Waals surface area contributed by atoms with Crippen molar-refractivity contribution in [1.82, 2.24) is 29.9 Å². The van der Waals surface area contributed by atoms with E-state index in [0.29, 0.717) is 11.7 Å². The molecule has 3 aromatic rings. The predicted octanol–water partition coefficient (Wildman–Crippen LogP) is 2.84. The standard InChI is InChI=1S/C22H25N7O/c1-28-19(11-13-24-28)8-10-22(30)29-14-4-5-17(16-29)15-18-7-9-21(27-26-18)25-20-6-2-3-12-23-20/h2-3,6-13,17H,4-5,14-16H2,1H3,(H,23,25,27)/b10-8+/t17-/m0/s1. The molecule has 1 aliphatic heterocycles. The van der Waals surface area contributed by atoms with Crippen LogP contribution in [0.2, 0.25) is 0 Å². The van der Waals surface area contributed by atoms with Crippen LogP contribution in [0.4, 0.5) is 11.6 Å². The fourth-order valence-corrected chi connectivity index (χ4v) is 3.64. The highest BCUT2D eigenvalue weighted by Crippen LogP contribution is 2.21. The molecule has 8 nitrogen and oxygen atoms in total. The van der Waals surface area contributed by atoms with Crippen LogP contribution in [0.5, 0.6) is 0 Å². The van der Waals surface area contributed by atoms with Crippen LogP contribution < -0.4 is 5.32 Å². The molecular weight excluding hydrogens is 378 g/mol. The highest BCUT2D eigenvalue weighted by molar-refractivity contribution is 5.91. The zero-order chi connectivity index (χ0) is 20.8. The Labute approximate surface area is 175 Å². The predicted molar refractivity (Wildman–Crippen MR) is 115 cm³/mol. The van der Waals surface area contributed by atoms with Crippen molar-refractivity contribution in [3.8, 4) is 0 Å². The Balaban J connectivity index is 1.32. The number of anilines is 2. The molecule has 30 heavy (non-hydrogen) atoms. The van der Waals surface area contributed by atoms with Crippen LogP contribution in [0.25, 0.3) is 6.08 Å². The largest absolute Gasteiger partial charge is 0.339 e. The van der Waals surface area contributed by atoms with Crippen molar-refractivity contribution >= 4 is 23.6 Å². The molecule has 0 unspecified atom stereocenters. The maximum atomic E-state index is 12.6. The highest BCUT2D eigenvalue weighted by Gasteiger charge is 2.23. The first-order valence-electron chi connectivity index (χ1n) is 10.1. The van der Waals surface area contributed by atoms with Gasteiger partial charge in [-0.2, -0.15) is 10.2 Å². The van der Waals surface area contributed by atoms with Crippen LogP contribution in [0, 0.1) is 5.92 Å². The van der Waals surface area contributed by atoms with Crippen LogP contribution in [0.15, 0.2) is 54.9 Å². The molecule has 0 spiro atoms. The van der Waals surface area contributed by atoms with Gasteiger partial charge >= 0.3 is 0 Å². The van der Waals surface area contributed by atoms with Gasteiger partial charge in [-0.25, -0.2) is 4.98 Å². The van der Waals surface area contributed by atoms with E-state index in [4.69, 9.17) is 0 Å². The Bertz CT molecular complexity index is 998. The molecule has 1 aliphatic rings. The number of carbonyl (C=O) groups excluding carboxylic acids is 1. The molecule has 0 aliphatic carbocycles. The van der Waals surface area contributed by atoms with Crippen LogP contribution in [-0.4, -0.2) is 48.9 Å². The number of likely N-dealkylation sites (tertiary alicyclic amines) is 1. The molecule has 1 saturated heterocycles. The van der Waals surface area contributed by atoms with E-state index in [1.54, 1.807) is 23.2 Å². The smallest absolute Gasteiger partial charge is 0.246 e. The van der Waals surface area contributed by atoms with Crippen LogP contribution in [-0.2, 0) is 18.3 Å². The second kappa shape index (κ2) is 9.30. The second-order valence-electron chi connectivity index (χ2n) is 7.46. The van der Waals surface area contributed by atoms with E-state index in [9.17, 15) is 4.79 Å². The molecule has 0 aromatic carbocycles. The molecular formula is C22H25N7O. The number of aromatic nitrogens is 5. The summed E-state index contributed by atoms with van der Waals surface area (Å²) in [6, 6.07) is 11.5. The molecule has 1 N–H and O–H groups in total. The van der Waals surface area contributed by atoms with E-state index in [-0.39, 0.29) is 5.91 Å². The van der Waals surface area contributed by atoms with Gasteiger partial charge < -0.3 is 10.2 Å². The van der Waals surface area contributed by atoms with Crippen molar-refractivity contribution in [1.29, 1.82) is 0 Å². The van der Waals surface area contributed by atoms with Gasteiger partial charge in [-0.1, -0.05) is 6.07 Å². The van der Waals surface area contributed by atoms with Crippen molar-refractivity contribution in [2.45, 2.75) is 19.3 Å². The summed E-state index contributed by atoms with van der Waals surface area (Å²) < 4.78 is 1.74. The number of carbonyl (C=O) groups is 1. The van der Waals surface area contributed by atoms with Crippen molar-refractivity contribution < 1.29 is 4.79 Å². The maximum Gasteiger partial charge on any atom is 0.246 e. The Morgan fingerprint density at radius 3 is 2.83 bits per heavy atom. The lowest BCUT2D eigenvalue weighted by Crippen LogP contribution is -2.39. The van der Waals surface area contributed by atoms with Crippen LogP contribution in [0.3, 0.4) is 0 Å². The van der Waals surface area contributed by atoms with E-state index in [1.807, 2.05) is 54.4 Å². The summed E-state index contributed by atoms with van der Waals surface area (Å²) >= 11 is 0. The number of pyridine rings is 1. The van der Waals surface area contributed by atoms with E-state index in [2.05, 4.69) is 25.6 Å². The van der Waals surface area contributed by atoms with E-state index < -0.39 is 0 Å². The molecule has 1 fully saturated rings. The zero-order valence-electron chi connectivity index (χ0n) is 17.0. The Hall–Kier alpha value is -3.55. The number of piperidine rings is 1. The summed E-state index contributed by atoms with van der Waals surface area (Å²) in [5.41, 5.74) is 1.85. The molecule has 1 atom stereocenters. The van der Waals surface area contributed by atoms with Gasteiger partial charge in [0.1, 0.15) is 5.82 Å². The third-order valence-electron chi connectivity index (χ3n) is 5.22. The van der Waals surface area contributed by atoms with Gasteiger partial charge in [0.2, 0.25) is 5.91 Å². The number of aryl methyl sites for hydroxylation is 1. The number of hydrogen-bond acceptors (Lipinski definition) is 6. The van der Waals surface area contributed by atoms with Gasteiger partial charge in [-0.05, 0) is 61.6 Å². The molecule has 0 saturated carbocycles. The fraction of sp³-hybridized carbons (Fsp3) is 0.318. The van der Waals surface area contributed by atoms with E-state index >= 15 is 0 Å². The molecule has 0 bridgehead atoms. The summed E-state index contributed by atoms with van der Waals surface area (Å²) in [6.45, 7) is 1.54. The lowest BCUT2D eigenvalue weighted by molar-refractivity contribution is -0.127. The Kier molecular flexibility index (Phi) is 6.12. The summed E-state index contributed by atoms with van der Waals surface area (Å²) in [4.78, 5) is 18.7. The maximum absolute atomic E-state index is 12.6. The lowest BCUT2D eigenvalue weighted by Gasteiger charge is -2.32. The third-order valence-corrected chi connectivity index (χ3v) is 5.22. The minimum absolute atomic E-state index is 0.0434. The molecule has 154 valence electrons. The van der Waals surface area contributed by atoms with Crippen molar-refractivity contribution in [3.05, 3.63) is 66.3 Å². The molecule has 0 radical (unpaired) electrons. The number of nitrogens with one attached hydrogen (secondary N) is 1. The average molecular weight is 403 g/mol. The number of amides is 1. The Morgan fingerprint density at radius 1 is 1.17 bits per heavy atom. The van der Waals surface area contributed by atoms with Gasteiger partial charge in [-0.15, -0.1) is 5.10 Å². The van der Waals surface area contributed by atoms with E-state index in [0.717, 1.165) is 49.6 Å². The first kappa shape index (κ1) is 19.8. The minimum Gasteiger partial charge on any atom is -0.339 e. The Morgan fingerprint density at radius 2 is 2.10 bits per heavy atom. The molecule has 3 aromatic heterocycles. The van der Waals surface area contributed by atoms with Crippen LogP contribution in [0.1, 0.15) is 24.2 Å². The zero-order valence-corrected chi connectivity index (χ0v) is 17.0. The average Bonchev–Trinajstić information content (AvgIpc) is 3.19. The number of nitrogens with zero attached hydrogens (tertiary/aromatic N) is 6. The number of rotatable bonds is 6. The minimum atomic E-state index is 0.0434. The molecule has 4 rings (SSSR count). The van der Waals surface area contributed by atoms with Gasteiger partial charge in [0.15, 0.2) is 5.82 Å². The first-order valence-corrected chi connectivity index (χ1v) is 10.1. The molecule has 8 heteroatoms.